The molecular weight excluding hydrogens is 358 g/mol. The van der Waals surface area contributed by atoms with Crippen LogP contribution in [0.5, 0.6) is 0 Å². The van der Waals surface area contributed by atoms with Crippen molar-refractivity contribution in [3.63, 3.8) is 0 Å². The highest BCUT2D eigenvalue weighted by Crippen LogP contribution is 2.16. The third-order valence-electron chi connectivity index (χ3n) is 4.46. The summed E-state index contributed by atoms with van der Waals surface area (Å²) in [5.41, 5.74) is 0. The number of guanidine groups is 1. The van der Waals surface area contributed by atoms with Gasteiger partial charge in [-0.25, -0.2) is 13.1 Å². The number of likely N-dealkylation sites (tertiary alicyclic amines) is 1. The standard InChI is InChI=1S/C16H29N5O2S2/c1-4-20(5-2)14-8-11-21(13-14)16(17-3)18-9-10-19-25(22,23)15-7-6-12-24-15/h6-7,12,14,19H,4-5,8-11,13H2,1-3H3,(H,17,18). The SMILES string of the molecule is CCN(CC)C1CCN(C(=NC)NCCNS(=O)(=O)c2cccs2)C1. The van der Waals surface area contributed by atoms with E-state index >= 15 is 0 Å². The highest BCUT2D eigenvalue weighted by Gasteiger charge is 2.27. The summed E-state index contributed by atoms with van der Waals surface area (Å²) < 4.78 is 27.1. The number of hydrogen-bond donors (Lipinski definition) is 2. The van der Waals surface area contributed by atoms with Gasteiger partial charge in [0.05, 0.1) is 0 Å². The molecule has 2 N–H and O–H groups in total. The third-order valence-corrected chi connectivity index (χ3v) is 7.32. The molecule has 1 saturated heterocycles. The number of rotatable bonds is 8. The highest BCUT2D eigenvalue weighted by atomic mass is 32.2. The summed E-state index contributed by atoms with van der Waals surface area (Å²) in [6.45, 7) is 9.27. The molecule has 142 valence electrons. The first kappa shape index (κ1) is 20.2. The molecule has 1 aromatic rings. The Morgan fingerprint density at radius 2 is 2.16 bits per heavy atom. The van der Waals surface area contributed by atoms with Crippen molar-refractivity contribution in [3.05, 3.63) is 17.5 Å². The molecule has 9 heteroatoms. The molecule has 0 spiro atoms. The van der Waals surface area contributed by atoms with Gasteiger partial charge in [-0.05, 0) is 31.0 Å². The number of hydrogen-bond acceptors (Lipinski definition) is 5. The van der Waals surface area contributed by atoms with Crippen molar-refractivity contribution in [1.29, 1.82) is 0 Å². The summed E-state index contributed by atoms with van der Waals surface area (Å²) in [4.78, 5) is 9.06. The summed E-state index contributed by atoms with van der Waals surface area (Å²) >= 11 is 1.22. The largest absolute Gasteiger partial charge is 0.355 e. The van der Waals surface area contributed by atoms with Crippen LogP contribution in [0.1, 0.15) is 20.3 Å². The van der Waals surface area contributed by atoms with E-state index in [9.17, 15) is 8.42 Å². The van der Waals surface area contributed by atoms with Crippen molar-refractivity contribution < 1.29 is 8.42 Å². The second-order valence-corrected chi connectivity index (χ2v) is 8.86. The molecule has 0 radical (unpaired) electrons. The van der Waals surface area contributed by atoms with Gasteiger partial charge >= 0.3 is 0 Å². The van der Waals surface area contributed by atoms with Crippen LogP contribution in [0.2, 0.25) is 0 Å². The molecule has 2 rings (SSSR count). The van der Waals surface area contributed by atoms with Gasteiger partial charge in [0.1, 0.15) is 4.21 Å². The smallest absolute Gasteiger partial charge is 0.250 e. The predicted molar refractivity (Wildman–Crippen MR) is 104 cm³/mol. The quantitative estimate of drug-likeness (QED) is 0.396. The van der Waals surface area contributed by atoms with Gasteiger partial charge in [0, 0.05) is 39.3 Å². The maximum Gasteiger partial charge on any atom is 0.250 e. The predicted octanol–water partition coefficient (Wildman–Crippen LogP) is 1.02. The number of sulfonamides is 1. The molecule has 0 saturated carbocycles. The molecule has 0 aromatic carbocycles. The van der Waals surface area contributed by atoms with Crippen LogP contribution in [0, 0.1) is 0 Å². The van der Waals surface area contributed by atoms with Crippen molar-refractivity contribution in [2.75, 3.05) is 46.3 Å². The molecule has 1 aliphatic rings. The zero-order valence-corrected chi connectivity index (χ0v) is 16.9. The van der Waals surface area contributed by atoms with Crippen molar-refractivity contribution in [2.45, 2.75) is 30.5 Å². The molecule has 1 unspecified atom stereocenters. The lowest BCUT2D eigenvalue weighted by Crippen LogP contribution is -2.45. The van der Waals surface area contributed by atoms with Crippen molar-refractivity contribution in [2.24, 2.45) is 4.99 Å². The number of aliphatic imine (C=N–C) groups is 1. The Bertz CT molecular complexity index is 641. The van der Waals surface area contributed by atoms with Crippen LogP contribution in [0.3, 0.4) is 0 Å². The lowest BCUT2D eigenvalue weighted by Gasteiger charge is -2.27. The molecule has 0 bridgehead atoms. The zero-order valence-electron chi connectivity index (χ0n) is 15.2. The van der Waals surface area contributed by atoms with Crippen LogP contribution in [0.15, 0.2) is 26.7 Å². The van der Waals surface area contributed by atoms with Gasteiger partial charge < -0.3 is 10.2 Å². The van der Waals surface area contributed by atoms with Crippen LogP contribution >= 0.6 is 11.3 Å². The van der Waals surface area contributed by atoms with E-state index in [0.717, 1.165) is 38.6 Å². The van der Waals surface area contributed by atoms with Crippen LogP contribution in [0.4, 0.5) is 0 Å². The van der Waals surface area contributed by atoms with Crippen LogP contribution in [-0.4, -0.2) is 76.5 Å². The van der Waals surface area contributed by atoms with Gasteiger partial charge in [0.15, 0.2) is 5.96 Å². The van der Waals surface area contributed by atoms with E-state index in [0.29, 0.717) is 23.3 Å². The molecule has 25 heavy (non-hydrogen) atoms. The summed E-state index contributed by atoms with van der Waals surface area (Å²) in [5, 5.41) is 5.02. The molecule has 1 atom stereocenters. The first-order valence-electron chi connectivity index (χ1n) is 8.74. The highest BCUT2D eigenvalue weighted by molar-refractivity contribution is 7.91. The van der Waals surface area contributed by atoms with Gasteiger partial charge in [-0.3, -0.25) is 9.89 Å². The van der Waals surface area contributed by atoms with E-state index in [1.54, 1.807) is 24.6 Å². The first-order chi connectivity index (χ1) is 12.0. The fourth-order valence-electron chi connectivity index (χ4n) is 3.15. The minimum atomic E-state index is -3.40. The van der Waals surface area contributed by atoms with Gasteiger partial charge in [-0.1, -0.05) is 19.9 Å². The normalized spacial score (nSPS) is 19.0. The summed E-state index contributed by atoms with van der Waals surface area (Å²) in [5.74, 6) is 0.838. The first-order valence-corrected chi connectivity index (χ1v) is 11.1. The topological polar surface area (TPSA) is 77.0 Å². The summed E-state index contributed by atoms with van der Waals surface area (Å²) in [6, 6.07) is 3.90. The third kappa shape index (κ3) is 5.40. The van der Waals surface area contributed by atoms with Crippen LogP contribution in [0.25, 0.3) is 0 Å². The lowest BCUT2D eigenvalue weighted by atomic mass is 10.2. The summed E-state index contributed by atoms with van der Waals surface area (Å²) in [6.07, 6.45) is 1.13. The zero-order chi connectivity index (χ0) is 18.3. The minimum absolute atomic E-state index is 0.326. The minimum Gasteiger partial charge on any atom is -0.355 e. The molecule has 0 aliphatic carbocycles. The number of nitrogens with one attached hydrogen (secondary N) is 2. The monoisotopic (exact) mass is 387 g/mol. The Morgan fingerprint density at radius 1 is 1.40 bits per heavy atom. The molecule has 0 amide bonds. The van der Waals surface area contributed by atoms with E-state index in [-0.39, 0.29) is 0 Å². The Morgan fingerprint density at radius 3 is 2.76 bits per heavy atom. The average Bonchev–Trinajstić information content (AvgIpc) is 3.28. The Labute approximate surface area is 155 Å². The van der Waals surface area contributed by atoms with Gasteiger partial charge in [-0.15, -0.1) is 11.3 Å². The maximum atomic E-state index is 12.1. The van der Waals surface area contributed by atoms with Crippen molar-refractivity contribution in [3.8, 4) is 0 Å². The Balaban J connectivity index is 1.78. The maximum absolute atomic E-state index is 12.1. The lowest BCUT2D eigenvalue weighted by molar-refractivity contribution is 0.223. The average molecular weight is 388 g/mol. The molecule has 1 fully saturated rings. The van der Waals surface area contributed by atoms with E-state index in [4.69, 9.17) is 0 Å². The molecule has 1 aliphatic heterocycles. The second kappa shape index (κ2) is 9.51. The fraction of sp³-hybridized carbons (Fsp3) is 0.688. The van der Waals surface area contributed by atoms with Crippen molar-refractivity contribution >= 4 is 27.3 Å². The molecule has 7 nitrogen and oxygen atoms in total. The van der Waals surface area contributed by atoms with Crippen LogP contribution < -0.4 is 10.0 Å². The van der Waals surface area contributed by atoms with E-state index in [1.807, 2.05) is 0 Å². The fourth-order valence-corrected chi connectivity index (χ4v) is 5.22. The van der Waals surface area contributed by atoms with Gasteiger partial charge in [0.2, 0.25) is 10.0 Å². The van der Waals surface area contributed by atoms with Gasteiger partial charge in [0.25, 0.3) is 0 Å². The van der Waals surface area contributed by atoms with Gasteiger partial charge in [-0.2, -0.15) is 0 Å². The van der Waals surface area contributed by atoms with E-state index in [2.05, 4.69) is 38.7 Å². The molecule has 2 heterocycles. The number of nitrogens with zero attached hydrogens (tertiary/aromatic N) is 3. The summed E-state index contributed by atoms with van der Waals surface area (Å²) in [7, 11) is -1.63. The second-order valence-electron chi connectivity index (χ2n) is 5.91. The van der Waals surface area contributed by atoms with Crippen LogP contribution in [-0.2, 0) is 10.0 Å². The van der Waals surface area contributed by atoms with Crippen molar-refractivity contribution in [1.82, 2.24) is 19.8 Å². The number of likely N-dealkylation sites (N-methyl/N-ethyl adjacent to an activating group) is 1. The number of thiophene rings is 1. The Hall–Kier alpha value is -1.16. The molecular formula is C16H29N5O2S2. The van der Waals surface area contributed by atoms with E-state index < -0.39 is 10.0 Å². The Kier molecular flexibility index (Phi) is 7.67. The molecule has 1 aromatic heterocycles. The van der Waals surface area contributed by atoms with E-state index in [1.165, 1.54) is 11.3 Å².